The highest BCUT2D eigenvalue weighted by atomic mass is 16.5. The van der Waals surface area contributed by atoms with Gasteiger partial charge in [-0.1, -0.05) is 56.3 Å². The highest BCUT2D eigenvalue weighted by molar-refractivity contribution is 5.37. The fourth-order valence-corrected chi connectivity index (χ4v) is 2.19. The maximum atomic E-state index is 5.90. The predicted octanol–water partition coefficient (Wildman–Crippen LogP) is 4.29. The molecule has 0 aliphatic heterocycles. The number of aryl methyl sites for hydroxylation is 1. The van der Waals surface area contributed by atoms with Crippen LogP contribution < -0.4 is 10.1 Å². The lowest BCUT2D eigenvalue weighted by Gasteiger charge is -2.13. The molecule has 0 fully saturated rings. The van der Waals surface area contributed by atoms with Crippen LogP contribution in [0.4, 0.5) is 0 Å². The van der Waals surface area contributed by atoms with Gasteiger partial charge in [0.05, 0.1) is 0 Å². The summed E-state index contributed by atoms with van der Waals surface area (Å²) < 4.78 is 5.90. The molecule has 2 heteroatoms. The SMILES string of the molecule is Cc1ccc(C(C)C)cc1OCCNCc1ccccc1. The average Bonchev–Trinajstić information content (AvgIpc) is 2.49. The zero-order chi connectivity index (χ0) is 15.1. The molecule has 21 heavy (non-hydrogen) atoms. The van der Waals surface area contributed by atoms with Crippen LogP contribution >= 0.6 is 0 Å². The van der Waals surface area contributed by atoms with Gasteiger partial charge in [-0.25, -0.2) is 0 Å². The second-order valence-corrected chi connectivity index (χ2v) is 5.69. The van der Waals surface area contributed by atoms with Gasteiger partial charge in [-0.2, -0.15) is 0 Å². The Morgan fingerprint density at radius 3 is 2.52 bits per heavy atom. The van der Waals surface area contributed by atoms with Gasteiger partial charge in [-0.3, -0.25) is 0 Å². The number of ether oxygens (including phenoxy) is 1. The number of rotatable bonds is 7. The third-order valence-corrected chi connectivity index (χ3v) is 3.59. The molecule has 0 amide bonds. The maximum absolute atomic E-state index is 5.90. The number of benzene rings is 2. The van der Waals surface area contributed by atoms with E-state index in [0.29, 0.717) is 12.5 Å². The molecule has 0 atom stereocenters. The van der Waals surface area contributed by atoms with Crippen LogP contribution in [0.15, 0.2) is 48.5 Å². The summed E-state index contributed by atoms with van der Waals surface area (Å²) in [6, 6.07) is 16.9. The van der Waals surface area contributed by atoms with Gasteiger partial charge in [0.1, 0.15) is 12.4 Å². The van der Waals surface area contributed by atoms with Crippen LogP contribution in [0.5, 0.6) is 5.75 Å². The molecule has 2 nitrogen and oxygen atoms in total. The van der Waals surface area contributed by atoms with E-state index in [1.165, 1.54) is 16.7 Å². The van der Waals surface area contributed by atoms with Crippen LogP contribution in [0.2, 0.25) is 0 Å². The van der Waals surface area contributed by atoms with Crippen molar-refractivity contribution in [3.8, 4) is 5.75 Å². The van der Waals surface area contributed by atoms with E-state index >= 15 is 0 Å². The Morgan fingerprint density at radius 2 is 1.81 bits per heavy atom. The number of nitrogens with one attached hydrogen (secondary N) is 1. The third-order valence-electron chi connectivity index (χ3n) is 3.59. The first kappa shape index (κ1) is 15.6. The smallest absolute Gasteiger partial charge is 0.122 e. The second-order valence-electron chi connectivity index (χ2n) is 5.69. The van der Waals surface area contributed by atoms with Crippen LogP contribution in [0, 0.1) is 6.92 Å². The Labute approximate surface area is 128 Å². The summed E-state index contributed by atoms with van der Waals surface area (Å²) in [5.41, 5.74) is 3.82. The van der Waals surface area contributed by atoms with Crippen molar-refractivity contribution in [3.63, 3.8) is 0 Å². The summed E-state index contributed by atoms with van der Waals surface area (Å²) in [6.45, 7) is 8.92. The largest absolute Gasteiger partial charge is 0.492 e. The second kappa shape index (κ2) is 7.84. The molecule has 0 aliphatic carbocycles. The van der Waals surface area contributed by atoms with Gasteiger partial charge in [0.2, 0.25) is 0 Å². The fraction of sp³-hybridized carbons (Fsp3) is 0.368. The normalized spacial score (nSPS) is 10.9. The van der Waals surface area contributed by atoms with E-state index in [2.05, 4.69) is 68.6 Å². The molecule has 0 unspecified atom stereocenters. The van der Waals surface area contributed by atoms with Crippen molar-refractivity contribution in [1.82, 2.24) is 5.32 Å². The summed E-state index contributed by atoms with van der Waals surface area (Å²) in [5.74, 6) is 1.53. The minimum Gasteiger partial charge on any atom is -0.492 e. The number of hydrogen-bond acceptors (Lipinski definition) is 2. The zero-order valence-electron chi connectivity index (χ0n) is 13.2. The standard InChI is InChI=1S/C19H25NO/c1-15(2)18-10-9-16(3)19(13-18)21-12-11-20-14-17-7-5-4-6-8-17/h4-10,13,15,20H,11-12,14H2,1-3H3. The molecule has 0 bridgehead atoms. The maximum Gasteiger partial charge on any atom is 0.122 e. The van der Waals surface area contributed by atoms with Crippen molar-refractivity contribution in [2.24, 2.45) is 0 Å². The van der Waals surface area contributed by atoms with Crippen molar-refractivity contribution in [2.75, 3.05) is 13.2 Å². The summed E-state index contributed by atoms with van der Waals surface area (Å²) in [4.78, 5) is 0. The third kappa shape index (κ3) is 4.91. The highest BCUT2D eigenvalue weighted by Crippen LogP contribution is 2.24. The molecule has 2 aromatic rings. The van der Waals surface area contributed by atoms with Crippen LogP contribution in [-0.2, 0) is 6.54 Å². The van der Waals surface area contributed by atoms with Crippen LogP contribution in [0.25, 0.3) is 0 Å². The average molecular weight is 283 g/mol. The van der Waals surface area contributed by atoms with E-state index < -0.39 is 0 Å². The molecule has 0 spiro atoms. The quantitative estimate of drug-likeness (QED) is 0.765. The zero-order valence-corrected chi connectivity index (χ0v) is 13.2. The lowest BCUT2D eigenvalue weighted by Crippen LogP contribution is -2.20. The van der Waals surface area contributed by atoms with E-state index in [9.17, 15) is 0 Å². The molecule has 0 heterocycles. The van der Waals surface area contributed by atoms with E-state index in [-0.39, 0.29) is 0 Å². The molecule has 0 aromatic heterocycles. The van der Waals surface area contributed by atoms with Crippen LogP contribution in [-0.4, -0.2) is 13.2 Å². The van der Waals surface area contributed by atoms with Gasteiger partial charge in [0.15, 0.2) is 0 Å². The van der Waals surface area contributed by atoms with Crippen molar-refractivity contribution in [2.45, 2.75) is 33.2 Å². The summed E-state index contributed by atoms with van der Waals surface area (Å²) in [7, 11) is 0. The Bertz CT molecular complexity index is 549. The van der Waals surface area contributed by atoms with Crippen molar-refractivity contribution >= 4 is 0 Å². The highest BCUT2D eigenvalue weighted by Gasteiger charge is 2.04. The Hall–Kier alpha value is -1.80. The molecule has 0 aliphatic rings. The van der Waals surface area contributed by atoms with Crippen molar-refractivity contribution < 1.29 is 4.74 Å². The Balaban J connectivity index is 1.77. The van der Waals surface area contributed by atoms with Gasteiger partial charge >= 0.3 is 0 Å². The first-order chi connectivity index (χ1) is 10.2. The molecular weight excluding hydrogens is 258 g/mol. The van der Waals surface area contributed by atoms with E-state index in [4.69, 9.17) is 4.74 Å². The van der Waals surface area contributed by atoms with E-state index in [1.54, 1.807) is 0 Å². The first-order valence-corrected chi connectivity index (χ1v) is 7.65. The topological polar surface area (TPSA) is 21.3 Å². The minimum atomic E-state index is 0.532. The molecule has 0 saturated heterocycles. The van der Waals surface area contributed by atoms with Gasteiger partial charge in [0.25, 0.3) is 0 Å². The molecule has 2 aromatic carbocycles. The van der Waals surface area contributed by atoms with Crippen LogP contribution in [0.3, 0.4) is 0 Å². The molecular formula is C19H25NO. The van der Waals surface area contributed by atoms with Crippen LogP contribution in [0.1, 0.15) is 36.5 Å². The van der Waals surface area contributed by atoms with Crippen molar-refractivity contribution in [1.29, 1.82) is 0 Å². The summed E-state index contributed by atoms with van der Waals surface area (Å²) in [5, 5.41) is 3.40. The van der Waals surface area contributed by atoms with Gasteiger partial charge in [-0.15, -0.1) is 0 Å². The Kier molecular flexibility index (Phi) is 5.82. The van der Waals surface area contributed by atoms with E-state index in [1.807, 2.05) is 6.07 Å². The number of hydrogen-bond donors (Lipinski definition) is 1. The van der Waals surface area contributed by atoms with Gasteiger partial charge < -0.3 is 10.1 Å². The minimum absolute atomic E-state index is 0.532. The van der Waals surface area contributed by atoms with Crippen molar-refractivity contribution in [3.05, 3.63) is 65.2 Å². The summed E-state index contributed by atoms with van der Waals surface area (Å²) in [6.07, 6.45) is 0. The molecule has 2 rings (SSSR count). The molecule has 112 valence electrons. The Morgan fingerprint density at radius 1 is 1.05 bits per heavy atom. The van der Waals surface area contributed by atoms with E-state index in [0.717, 1.165) is 18.8 Å². The lowest BCUT2D eigenvalue weighted by molar-refractivity contribution is 0.311. The summed E-state index contributed by atoms with van der Waals surface area (Å²) >= 11 is 0. The van der Waals surface area contributed by atoms with Gasteiger partial charge in [-0.05, 0) is 35.6 Å². The predicted molar refractivity (Wildman–Crippen MR) is 88.9 cm³/mol. The molecule has 0 saturated carbocycles. The first-order valence-electron chi connectivity index (χ1n) is 7.65. The molecule has 0 radical (unpaired) electrons. The monoisotopic (exact) mass is 283 g/mol. The molecule has 1 N–H and O–H groups in total. The lowest BCUT2D eigenvalue weighted by atomic mass is 10.0. The fourth-order valence-electron chi connectivity index (χ4n) is 2.19. The van der Waals surface area contributed by atoms with Gasteiger partial charge in [0, 0.05) is 13.1 Å².